The second kappa shape index (κ2) is 10.1. The van der Waals surface area contributed by atoms with Gasteiger partial charge in [0.25, 0.3) is 5.91 Å². The van der Waals surface area contributed by atoms with E-state index in [0.29, 0.717) is 18.7 Å². The van der Waals surface area contributed by atoms with Crippen molar-refractivity contribution in [3.05, 3.63) is 65.2 Å². The lowest BCUT2D eigenvalue weighted by atomic mass is 10.1. The number of hydrogen-bond acceptors (Lipinski definition) is 4. The van der Waals surface area contributed by atoms with Crippen LogP contribution in [-0.4, -0.2) is 43.6 Å². The van der Waals surface area contributed by atoms with E-state index < -0.39 is 0 Å². The van der Waals surface area contributed by atoms with Crippen LogP contribution >= 0.6 is 0 Å². The molecule has 5 nitrogen and oxygen atoms in total. The molecule has 3 rings (SSSR count). The Balaban J connectivity index is 1.37. The van der Waals surface area contributed by atoms with Crippen LogP contribution in [0, 0.1) is 0 Å². The Morgan fingerprint density at radius 2 is 1.67 bits per heavy atom. The summed E-state index contributed by atoms with van der Waals surface area (Å²) in [6, 6.07) is 15.5. The van der Waals surface area contributed by atoms with Crippen LogP contribution in [0.1, 0.15) is 34.3 Å². The summed E-state index contributed by atoms with van der Waals surface area (Å²) in [4.78, 5) is 14.6. The molecule has 1 aliphatic rings. The third-order valence-corrected chi connectivity index (χ3v) is 4.95. The maximum atomic E-state index is 12.1. The molecule has 27 heavy (non-hydrogen) atoms. The van der Waals surface area contributed by atoms with Gasteiger partial charge >= 0.3 is 0 Å². The molecule has 5 heteroatoms. The SMILES string of the molecule is NCc1ccc(C(=O)NCCc2ccc(OCCN3CCCC3)cc2)cc1. The minimum atomic E-state index is -0.0552. The first-order chi connectivity index (χ1) is 13.2. The molecule has 0 atom stereocenters. The van der Waals surface area contributed by atoms with Crippen molar-refractivity contribution in [1.82, 2.24) is 10.2 Å². The zero-order valence-electron chi connectivity index (χ0n) is 15.8. The lowest BCUT2D eigenvalue weighted by molar-refractivity contribution is 0.0954. The average molecular weight is 367 g/mol. The molecule has 0 spiro atoms. The third kappa shape index (κ3) is 6.08. The molecule has 0 saturated carbocycles. The quantitative estimate of drug-likeness (QED) is 0.715. The predicted octanol–water partition coefficient (Wildman–Crippen LogP) is 2.59. The Labute approximate surface area is 161 Å². The molecule has 3 N–H and O–H groups in total. The van der Waals surface area contributed by atoms with Gasteiger partial charge in [0.15, 0.2) is 0 Å². The number of amides is 1. The van der Waals surface area contributed by atoms with Gasteiger partial charge in [0.05, 0.1) is 0 Å². The van der Waals surface area contributed by atoms with Gasteiger partial charge in [-0.05, 0) is 67.7 Å². The Morgan fingerprint density at radius 3 is 2.33 bits per heavy atom. The average Bonchev–Trinajstić information content (AvgIpc) is 3.23. The fourth-order valence-corrected chi connectivity index (χ4v) is 3.27. The highest BCUT2D eigenvalue weighted by Gasteiger charge is 2.10. The fraction of sp³-hybridized carbons (Fsp3) is 0.409. The standard InChI is InChI=1S/C22H29N3O2/c23-17-19-3-7-20(8-4-19)22(26)24-12-11-18-5-9-21(10-6-18)27-16-15-25-13-1-2-14-25/h3-10H,1-2,11-17,23H2,(H,24,26). The maximum Gasteiger partial charge on any atom is 0.251 e. The molecular formula is C22H29N3O2. The number of rotatable bonds is 9. The molecule has 1 heterocycles. The summed E-state index contributed by atoms with van der Waals surface area (Å²) < 4.78 is 5.82. The summed E-state index contributed by atoms with van der Waals surface area (Å²) in [5, 5.41) is 2.96. The first-order valence-electron chi connectivity index (χ1n) is 9.76. The first-order valence-corrected chi connectivity index (χ1v) is 9.76. The summed E-state index contributed by atoms with van der Waals surface area (Å²) >= 11 is 0. The highest BCUT2D eigenvalue weighted by molar-refractivity contribution is 5.94. The third-order valence-electron chi connectivity index (χ3n) is 4.95. The van der Waals surface area contributed by atoms with Gasteiger partial charge in [0.2, 0.25) is 0 Å². The summed E-state index contributed by atoms with van der Waals surface area (Å²) in [5.74, 6) is 0.849. The number of carbonyl (C=O) groups is 1. The smallest absolute Gasteiger partial charge is 0.251 e. The van der Waals surface area contributed by atoms with Crippen LogP contribution in [0.3, 0.4) is 0 Å². The van der Waals surface area contributed by atoms with Gasteiger partial charge in [-0.1, -0.05) is 24.3 Å². The van der Waals surface area contributed by atoms with E-state index in [1.165, 1.54) is 31.5 Å². The van der Waals surface area contributed by atoms with E-state index in [2.05, 4.69) is 22.3 Å². The Kier molecular flexibility index (Phi) is 7.25. The summed E-state index contributed by atoms with van der Waals surface area (Å²) in [5.41, 5.74) is 8.44. The van der Waals surface area contributed by atoms with Gasteiger partial charge < -0.3 is 15.8 Å². The van der Waals surface area contributed by atoms with Crippen molar-refractivity contribution >= 4 is 5.91 Å². The minimum absolute atomic E-state index is 0.0552. The maximum absolute atomic E-state index is 12.1. The molecule has 1 amide bonds. The summed E-state index contributed by atoms with van der Waals surface area (Å²) in [6.07, 6.45) is 3.41. The van der Waals surface area contributed by atoms with Crippen LogP contribution in [-0.2, 0) is 13.0 Å². The van der Waals surface area contributed by atoms with Crippen molar-refractivity contribution in [3.63, 3.8) is 0 Å². The number of nitrogens with two attached hydrogens (primary N) is 1. The van der Waals surface area contributed by atoms with Crippen molar-refractivity contribution in [2.45, 2.75) is 25.8 Å². The molecule has 0 bridgehead atoms. The number of likely N-dealkylation sites (tertiary alicyclic amines) is 1. The van der Waals surface area contributed by atoms with E-state index in [4.69, 9.17) is 10.5 Å². The highest BCUT2D eigenvalue weighted by atomic mass is 16.5. The number of benzene rings is 2. The van der Waals surface area contributed by atoms with Crippen LogP contribution in [0.15, 0.2) is 48.5 Å². The van der Waals surface area contributed by atoms with Crippen molar-refractivity contribution in [2.24, 2.45) is 5.73 Å². The second-order valence-electron chi connectivity index (χ2n) is 6.95. The molecule has 0 aromatic heterocycles. The normalized spacial score (nSPS) is 14.3. The molecule has 0 aliphatic carbocycles. The monoisotopic (exact) mass is 367 g/mol. The van der Waals surface area contributed by atoms with Crippen LogP contribution in [0.4, 0.5) is 0 Å². The van der Waals surface area contributed by atoms with Gasteiger partial charge in [-0.25, -0.2) is 0 Å². The predicted molar refractivity (Wildman–Crippen MR) is 108 cm³/mol. The molecular weight excluding hydrogens is 338 g/mol. The van der Waals surface area contributed by atoms with E-state index >= 15 is 0 Å². The molecule has 2 aromatic carbocycles. The zero-order chi connectivity index (χ0) is 18.9. The molecule has 1 fully saturated rings. The first kappa shape index (κ1) is 19.4. The van der Waals surface area contributed by atoms with E-state index in [1.54, 1.807) is 0 Å². The van der Waals surface area contributed by atoms with Crippen molar-refractivity contribution < 1.29 is 9.53 Å². The van der Waals surface area contributed by atoms with E-state index in [-0.39, 0.29) is 5.91 Å². The number of nitrogens with one attached hydrogen (secondary N) is 1. The van der Waals surface area contributed by atoms with Crippen molar-refractivity contribution in [3.8, 4) is 5.75 Å². The highest BCUT2D eigenvalue weighted by Crippen LogP contribution is 2.13. The van der Waals surface area contributed by atoms with E-state index in [9.17, 15) is 4.79 Å². The summed E-state index contributed by atoms with van der Waals surface area (Å²) in [7, 11) is 0. The molecule has 0 unspecified atom stereocenters. The number of nitrogens with zero attached hydrogens (tertiary/aromatic N) is 1. The molecule has 2 aromatic rings. The number of carbonyl (C=O) groups excluding carboxylic acids is 1. The Bertz CT molecular complexity index is 707. The Hall–Kier alpha value is -2.37. The van der Waals surface area contributed by atoms with Crippen molar-refractivity contribution in [2.75, 3.05) is 32.8 Å². The van der Waals surface area contributed by atoms with Gasteiger partial charge in [-0.2, -0.15) is 0 Å². The molecule has 1 aliphatic heterocycles. The fourth-order valence-electron chi connectivity index (χ4n) is 3.27. The molecule has 1 saturated heterocycles. The van der Waals surface area contributed by atoms with Crippen LogP contribution < -0.4 is 15.8 Å². The lowest BCUT2D eigenvalue weighted by Gasteiger charge is -2.15. The van der Waals surface area contributed by atoms with Gasteiger partial charge in [-0.3, -0.25) is 9.69 Å². The van der Waals surface area contributed by atoms with E-state index in [1.807, 2.05) is 36.4 Å². The second-order valence-corrected chi connectivity index (χ2v) is 6.95. The van der Waals surface area contributed by atoms with Crippen LogP contribution in [0.25, 0.3) is 0 Å². The van der Waals surface area contributed by atoms with Gasteiger partial charge in [0.1, 0.15) is 12.4 Å². The Morgan fingerprint density at radius 1 is 1.00 bits per heavy atom. The van der Waals surface area contributed by atoms with Crippen LogP contribution in [0.5, 0.6) is 5.75 Å². The number of hydrogen-bond donors (Lipinski definition) is 2. The molecule has 144 valence electrons. The van der Waals surface area contributed by atoms with Crippen LogP contribution in [0.2, 0.25) is 0 Å². The van der Waals surface area contributed by atoms with Crippen molar-refractivity contribution in [1.29, 1.82) is 0 Å². The topological polar surface area (TPSA) is 67.6 Å². The van der Waals surface area contributed by atoms with Gasteiger partial charge in [-0.15, -0.1) is 0 Å². The van der Waals surface area contributed by atoms with E-state index in [0.717, 1.165) is 30.9 Å². The lowest BCUT2D eigenvalue weighted by Crippen LogP contribution is -2.25. The largest absolute Gasteiger partial charge is 0.492 e. The van der Waals surface area contributed by atoms with Gasteiger partial charge in [0, 0.05) is 25.2 Å². The summed E-state index contributed by atoms with van der Waals surface area (Å²) in [6.45, 7) is 5.22. The number of ether oxygens (including phenoxy) is 1. The molecule has 0 radical (unpaired) electrons. The zero-order valence-corrected chi connectivity index (χ0v) is 15.8. The minimum Gasteiger partial charge on any atom is -0.492 e.